The van der Waals surface area contributed by atoms with Crippen LogP contribution in [0.5, 0.6) is 0 Å². The number of benzene rings is 2. The summed E-state index contributed by atoms with van der Waals surface area (Å²) in [7, 11) is -3.70. The predicted octanol–water partition coefficient (Wildman–Crippen LogP) is 3.59. The van der Waals surface area contributed by atoms with E-state index in [-0.39, 0.29) is 22.9 Å². The first-order chi connectivity index (χ1) is 16.9. The Labute approximate surface area is 203 Å². The van der Waals surface area contributed by atoms with Gasteiger partial charge in [0.25, 0.3) is 0 Å². The zero-order valence-electron chi connectivity index (χ0n) is 19.2. The summed E-state index contributed by atoms with van der Waals surface area (Å²) < 4.78 is 49.1. The van der Waals surface area contributed by atoms with Crippen LogP contribution in [-0.2, 0) is 19.6 Å². The molecule has 3 fully saturated rings. The molecule has 35 heavy (non-hydrogen) atoms. The zero-order valence-corrected chi connectivity index (χ0v) is 20.0. The van der Waals surface area contributed by atoms with E-state index in [2.05, 4.69) is 4.98 Å². The number of aromatic nitrogens is 1. The highest BCUT2D eigenvalue weighted by atomic mass is 32.2. The lowest BCUT2D eigenvalue weighted by molar-refractivity contribution is -0.170. The summed E-state index contributed by atoms with van der Waals surface area (Å²) in [5.74, 6) is -0.391. The van der Waals surface area contributed by atoms with Crippen LogP contribution >= 0.6 is 0 Å². The Bertz CT molecular complexity index is 1400. The van der Waals surface area contributed by atoms with Crippen molar-refractivity contribution in [3.63, 3.8) is 0 Å². The van der Waals surface area contributed by atoms with Crippen LogP contribution in [-0.4, -0.2) is 66.4 Å². The molecule has 0 bridgehead atoms. The Morgan fingerprint density at radius 3 is 2.49 bits per heavy atom. The lowest BCUT2D eigenvalue weighted by Gasteiger charge is -2.46. The first-order valence-electron chi connectivity index (χ1n) is 11.9. The van der Waals surface area contributed by atoms with Crippen LogP contribution in [0.25, 0.3) is 22.0 Å². The molecule has 3 aliphatic rings. The summed E-state index contributed by atoms with van der Waals surface area (Å²) in [6.07, 6.45) is 4.73. The Hall–Kier alpha value is -2.88. The quantitative estimate of drug-likeness (QED) is 0.553. The third kappa shape index (κ3) is 4.01. The van der Waals surface area contributed by atoms with E-state index in [0.29, 0.717) is 55.0 Å². The summed E-state index contributed by atoms with van der Waals surface area (Å²) in [6, 6.07) is 13.7. The topological polar surface area (TPSA) is 79.8 Å². The molecular weight excluding hydrogens is 469 g/mol. The molecule has 2 aliphatic heterocycles. The fourth-order valence-corrected chi connectivity index (χ4v) is 6.63. The third-order valence-electron chi connectivity index (χ3n) is 7.42. The van der Waals surface area contributed by atoms with Gasteiger partial charge in [-0.15, -0.1) is 0 Å². The van der Waals surface area contributed by atoms with E-state index >= 15 is 4.39 Å². The Morgan fingerprint density at radius 2 is 1.77 bits per heavy atom. The number of nitrogens with zero attached hydrogens (tertiary/aromatic N) is 3. The minimum absolute atomic E-state index is 0.0342. The Morgan fingerprint density at radius 1 is 1.03 bits per heavy atom. The monoisotopic (exact) mass is 495 g/mol. The van der Waals surface area contributed by atoms with Gasteiger partial charge in [-0.1, -0.05) is 30.3 Å². The average Bonchev–Trinajstić information content (AvgIpc) is 3.72. The molecule has 0 atom stereocenters. The molecule has 1 aliphatic carbocycles. The van der Waals surface area contributed by atoms with Crippen LogP contribution in [0.4, 0.5) is 4.39 Å². The number of fused-ring (bicyclic) bond motifs is 1. The van der Waals surface area contributed by atoms with Crippen molar-refractivity contribution in [3.8, 4) is 11.1 Å². The van der Waals surface area contributed by atoms with Crippen molar-refractivity contribution in [1.82, 2.24) is 14.2 Å². The van der Waals surface area contributed by atoms with Gasteiger partial charge in [0.1, 0.15) is 12.1 Å². The highest BCUT2D eigenvalue weighted by molar-refractivity contribution is 7.89. The lowest BCUT2D eigenvalue weighted by Crippen LogP contribution is -2.59. The maximum Gasteiger partial charge on any atom is 0.248 e. The number of pyridine rings is 1. The molecule has 0 N–H and O–H groups in total. The molecule has 6 rings (SSSR count). The van der Waals surface area contributed by atoms with Gasteiger partial charge >= 0.3 is 0 Å². The summed E-state index contributed by atoms with van der Waals surface area (Å²) in [5, 5.41) is 0.711. The summed E-state index contributed by atoms with van der Waals surface area (Å²) in [6.45, 7) is 1.29. The van der Waals surface area contributed by atoms with Crippen LogP contribution in [0.2, 0.25) is 0 Å². The van der Waals surface area contributed by atoms with Crippen LogP contribution in [0.15, 0.2) is 59.6 Å². The number of carbonyl (C=O) groups excluding carboxylic acids is 1. The molecule has 1 spiro atoms. The molecule has 2 saturated heterocycles. The van der Waals surface area contributed by atoms with E-state index in [0.717, 1.165) is 12.8 Å². The molecule has 7 nitrogen and oxygen atoms in total. The Balaban J connectivity index is 1.18. The minimum Gasteiger partial charge on any atom is -0.363 e. The number of rotatable bonds is 4. The maximum absolute atomic E-state index is 15.0. The number of sulfonamides is 1. The maximum atomic E-state index is 15.0. The first-order valence-corrected chi connectivity index (χ1v) is 13.4. The standard InChI is InChI=1S/C26H26FN3O4S/c27-24-22(10-5-19-2-1-13-28-25(19)24)18-3-8-21(9-4-18)35(32,33)29-14-11-26(12-15-29)17-30(20-6-7-20)23(31)16-34-26/h1-5,8-10,13,20H,6-7,11-12,14-17H2. The van der Waals surface area contributed by atoms with E-state index < -0.39 is 21.4 Å². The number of halogens is 1. The summed E-state index contributed by atoms with van der Waals surface area (Å²) >= 11 is 0. The van der Waals surface area contributed by atoms with Crippen molar-refractivity contribution in [2.24, 2.45) is 0 Å². The van der Waals surface area contributed by atoms with E-state index in [9.17, 15) is 13.2 Å². The fourth-order valence-electron chi connectivity index (χ4n) is 5.19. The molecule has 1 aromatic heterocycles. The highest BCUT2D eigenvalue weighted by Gasteiger charge is 2.47. The second-order valence-electron chi connectivity index (χ2n) is 9.66. The number of piperidine rings is 1. The number of amides is 1. The predicted molar refractivity (Wildman–Crippen MR) is 129 cm³/mol. The van der Waals surface area contributed by atoms with Crippen LogP contribution in [0, 0.1) is 5.82 Å². The van der Waals surface area contributed by atoms with Gasteiger partial charge in [-0.2, -0.15) is 4.31 Å². The number of carbonyl (C=O) groups is 1. The molecule has 1 saturated carbocycles. The number of hydrogen-bond donors (Lipinski definition) is 0. The molecule has 9 heteroatoms. The second kappa shape index (κ2) is 8.36. The smallest absolute Gasteiger partial charge is 0.248 e. The van der Waals surface area contributed by atoms with Gasteiger partial charge in [0.2, 0.25) is 15.9 Å². The van der Waals surface area contributed by atoms with Crippen molar-refractivity contribution < 1.29 is 22.3 Å². The van der Waals surface area contributed by atoms with Gasteiger partial charge in [0, 0.05) is 36.3 Å². The van der Waals surface area contributed by atoms with Gasteiger partial charge < -0.3 is 9.64 Å². The molecule has 182 valence electrons. The average molecular weight is 496 g/mol. The van der Waals surface area contributed by atoms with Gasteiger partial charge in [-0.25, -0.2) is 12.8 Å². The lowest BCUT2D eigenvalue weighted by atomic mass is 9.90. The van der Waals surface area contributed by atoms with Gasteiger partial charge in [0.15, 0.2) is 5.82 Å². The largest absolute Gasteiger partial charge is 0.363 e. The highest BCUT2D eigenvalue weighted by Crippen LogP contribution is 2.37. The molecule has 0 unspecified atom stereocenters. The van der Waals surface area contributed by atoms with Crippen molar-refractivity contribution >= 4 is 26.8 Å². The van der Waals surface area contributed by atoms with Crippen LogP contribution in [0.1, 0.15) is 25.7 Å². The molecule has 1 amide bonds. The van der Waals surface area contributed by atoms with E-state index in [4.69, 9.17) is 4.74 Å². The number of morpholine rings is 1. The van der Waals surface area contributed by atoms with Crippen LogP contribution in [0.3, 0.4) is 0 Å². The van der Waals surface area contributed by atoms with E-state index in [1.807, 2.05) is 4.90 Å². The SMILES string of the molecule is O=C1COC2(CCN(S(=O)(=O)c3ccc(-c4ccc5cccnc5c4F)cc3)CC2)CN1C1CC1. The molecular formula is C26H26FN3O4S. The van der Waals surface area contributed by atoms with Crippen molar-refractivity contribution in [2.45, 2.75) is 42.2 Å². The van der Waals surface area contributed by atoms with Gasteiger partial charge in [-0.05, 0) is 49.4 Å². The second-order valence-corrected chi connectivity index (χ2v) is 11.6. The molecule has 2 aromatic carbocycles. The molecule has 0 radical (unpaired) electrons. The molecule has 3 heterocycles. The fraction of sp³-hybridized carbons (Fsp3) is 0.385. The van der Waals surface area contributed by atoms with Gasteiger partial charge in [0.05, 0.1) is 17.0 Å². The summed E-state index contributed by atoms with van der Waals surface area (Å²) in [5.41, 5.74) is 0.792. The third-order valence-corrected chi connectivity index (χ3v) is 9.33. The van der Waals surface area contributed by atoms with E-state index in [1.165, 1.54) is 16.4 Å². The molecule has 3 aromatic rings. The van der Waals surface area contributed by atoms with E-state index in [1.54, 1.807) is 42.6 Å². The zero-order chi connectivity index (χ0) is 24.2. The van der Waals surface area contributed by atoms with Crippen LogP contribution < -0.4 is 0 Å². The van der Waals surface area contributed by atoms with Crippen molar-refractivity contribution in [3.05, 3.63) is 60.5 Å². The number of ether oxygens (including phenoxy) is 1. The number of hydrogen-bond acceptors (Lipinski definition) is 5. The normalized spacial score (nSPS) is 21.1. The first kappa shape index (κ1) is 22.6. The van der Waals surface area contributed by atoms with Gasteiger partial charge in [-0.3, -0.25) is 9.78 Å². The Kier molecular flexibility index (Phi) is 5.39. The summed E-state index contributed by atoms with van der Waals surface area (Å²) in [4.78, 5) is 18.4. The van der Waals surface area contributed by atoms with Crippen molar-refractivity contribution in [1.29, 1.82) is 0 Å². The minimum atomic E-state index is -3.70. The van der Waals surface area contributed by atoms with Crippen molar-refractivity contribution in [2.75, 3.05) is 26.2 Å².